The summed E-state index contributed by atoms with van der Waals surface area (Å²) in [5.41, 5.74) is 1.58. The molecule has 0 saturated carbocycles. The highest BCUT2D eigenvalue weighted by molar-refractivity contribution is 5.50. The molecule has 1 aromatic rings. The quantitative estimate of drug-likeness (QED) is 0.687. The summed E-state index contributed by atoms with van der Waals surface area (Å²) in [6.07, 6.45) is 7.38. The SMILES string of the molecule is CC(C)/C=C/c1cncc(C#N)c1. The van der Waals surface area contributed by atoms with E-state index >= 15 is 0 Å². The molecular formula is C11H12N2. The molecule has 0 amide bonds. The number of aromatic nitrogens is 1. The summed E-state index contributed by atoms with van der Waals surface area (Å²) in [6.45, 7) is 4.22. The van der Waals surface area contributed by atoms with Gasteiger partial charge in [0, 0.05) is 12.4 Å². The molecule has 2 heteroatoms. The van der Waals surface area contributed by atoms with Gasteiger partial charge in [0.15, 0.2) is 0 Å². The largest absolute Gasteiger partial charge is 0.263 e. The highest BCUT2D eigenvalue weighted by Crippen LogP contribution is 2.05. The zero-order valence-corrected chi connectivity index (χ0v) is 7.86. The average molecular weight is 172 g/mol. The maximum atomic E-state index is 8.63. The van der Waals surface area contributed by atoms with Crippen LogP contribution in [0.2, 0.25) is 0 Å². The molecule has 1 heterocycles. The minimum Gasteiger partial charge on any atom is -0.263 e. The highest BCUT2D eigenvalue weighted by Gasteiger charge is 1.92. The van der Waals surface area contributed by atoms with Gasteiger partial charge >= 0.3 is 0 Å². The zero-order valence-electron chi connectivity index (χ0n) is 7.86. The van der Waals surface area contributed by atoms with Crippen molar-refractivity contribution in [1.29, 1.82) is 5.26 Å². The number of pyridine rings is 1. The van der Waals surface area contributed by atoms with E-state index in [0.717, 1.165) is 5.56 Å². The van der Waals surface area contributed by atoms with E-state index < -0.39 is 0 Å². The lowest BCUT2D eigenvalue weighted by atomic mass is 10.1. The molecule has 0 aliphatic heterocycles. The predicted octanol–water partition coefficient (Wildman–Crippen LogP) is 2.62. The Morgan fingerprint density at radius 3 is 2.85 bits per heavy atom. The van der Waals surface area contributed by atoms with E-state index in [1.807, 2.05) is 12.1 Å². The summed E-state index contributed by atoms with van der Waals surface area (Å²) in [5, 5.41) is 8.63. The molecule has 0 unspecified atom stereocenters. The number of hydrogen-bond acceptors (Lipinski definition) is 2. The molecule has 0 radical (unpaired) electrons. The Hall–Kier alpha value is -1.62. The van der Waals surface area contributed by atoms with Crippen molar-refractivity contribution in [2.24, 2.45) is 5.92 Å². The third kappa shape index (κ3) is 3.08. The van der Waals surface area contributed by atoms with Crippen LogP contribution in [0.1, 0.15) is 25.0 Å². The van der Waals surface area contributed by atoms with Crippen molar-refractivity contribution in [2.45, 2.75) is 13.8 Å². The van der Waals surface area contributed by atoms with E-state index in [1.54, 1.807) is 12.4 Å². The van der Waals surface area contributed by atoms with E-state index in [1.165, 1.54) is 0 Å². The second-order valence-electron chi connectivity index (χ2n) is 3.22. The van der Waals surface area contributed by atoms with Crippen LogP contribution in [0, 0.1) is 17.2 Å². The van der Waals surface area contributed by atoms with Gasteiger partial charge in [0.05, 0.1) is 5.56 Å². The summed E-state index contributed by atoms with van der Waals surface area (Å²) in [4.78, 5) is 3.96. The summed E-state index contributed by atoms with van der Waals surface area (Å²) >= 11 is 0. The van der Waals surface area contributed by atoms with Gasteiger partial charge in [0.1, 0.15) is 6.07 Å². The first-order chi connectivity index (χ1) is 6.22. The smallest absolute Gasteiger partial charge is 0.101 e. The second kappa shape index (κ2) is 4.42. The minimum absolute atomic E-state index is 0.519. The summed E-state index contributed by atoms with van der Waals surface area (Å²) in [6, 6.07) is 3.88. The van der Waals surface area contributed by atoms with E-state index in [0.29, 0.717) is 11.5 Å². The predicted molar refractivity (Wildman–Crippen MR) is 52.8 cm³/mol. The fraction of sp³-hybridized carbons (Fsp3) is 0.273. The van der Waals surface area contributed by atoms with Crippen molar-refractivity contribution in [1.82, 2.24) is 4.98 Å². The van der Waals surface area contributed by atoms with E-state index in [9.17, 15) is 0 Å². The molecule has 0 saturated heterocycles. The lowest BCUT2D eigenvalue weighted by Crippen LogP contribution is -1.82. The van der Waals surface area contributed by atoms with Crippen LogP contribution in [-0.4, -0.2) is 4.98 Å². The summed E-state index contributed by atoms with van der Waals surface area (Å²) in [5.74, 6) is 0.519. The van der Waals surface area contributed by atoms with Crippen LogP contribution in [0.25, 0.3) is 6.08 Å². The topological polar surface area (TPSA) is 36.7 Å². The molecule has 1 aromatic heterocycles. The zero-order chi connectivity index (χ0) is 9.68. The molecule has 0 bridgehead atoms. The molecule has 1 rings (SSSR count). The van der Waals surface area contributed by atoms with Crippen molar-refractivity contribution >= 4 is 6.08 Å². The summed E-state index contributed by atoms with van der Waals surface area (Å²) in [7, 11) is 0. The van der Waals surface area contributed by atoms with E-state index in [4.69, 9.17) is 5.26 Å². The normalized spacial score (nSPS) is 10.6. The Bertz CT molecular complexity index is 345. The first kappa shape index (κ1) is 9.47. The molecule has 2 nitrogen and oxygen atoms in total. The fourth-order valence-corrected chi connectivity index (χ4v) is 0.914. The van der Waals surface area contributed by atoms with Crippen molar-refractivity contribution < 1.29 is 0 Å². The molecule has 13 heavy (non-hydrogen) atoms. The Kier molecular flexibility index (Phi) is 3.22. The maximum Gasteiger partial charge on any atom is 0.101 e. The molecule has 0 atom stereocenters. The van der Waals surface area contributed by atoms with Gasteiger partial charge in [-0.3, -0.25) is 4.98 Å². The molecule has 0 aromatic carbocycles. The van der Waals surface area contributed by atoms with Crippen LogP contribution >= 0.6 is 0 Å². The Morgan fingerprint density at radius 1 is 1.46 bits per heavy atom. The molecule has 0 fully saturated rings. The molecule has 0 aliphatic rings. The number of nitrogens with zero attached hydrogens (tertiary/aromatic N) is 2. The lowest BCUT2D eigenvalue weighted by Gasteiger charge is -1.95. The number of rotatable bonds is 2. The lowest BCUT2D eigenvalue weighted by molar-refractivity contribution is 0.836. The summed E-state index contributed by atoms with van der Waals surface area (Å²) < 4.78 is 0. The van der Waals surface area contributed by atoms with Crippen LogP contribution < -0.4 is 0 Å². The number of nitriles is 1. The third-order valence-electron chi connectivity index (χ3n) is 1.56. The Balaban J connectivity index is 2.85. The van der Waals surface area contributed by atoms with E-state index in [-0.39, 0.29) is 0 Å². The van der Waals surface area contributed by atoms with Crippen LogP contribution in [-0.2, 0) is 0 Å². The highest BCUT2D eigenvalue weighted by atomic mass is 14.6. The van der Waals surface area contributed by atoms with Crippen LogP contribution in [0.5, 0.6) is 0 Å². The minimum atomic E-state index is 0.519. The van der Waals surface area contributed by atoms with Crippen molar-refractivity contribution in [3.63, 3.8) is 0 Å². The van der Waals surface area contributed by atoms with Crippen molar-refractivity contribution in [3.05, 3.63) is 35.7 Å². The van der Waals surface area contributed by atoms with Gasteiger partial charge in [-0.15, -0.1) is 0 Å². The van der Waals surface area contributed by atoms with Gasteiger partial charge in [-0.2, -0.15) is 5.26 Å². The Labute approximate surface area is 78.5 Å². The number of hydrogen-bond donors (Lipinski definition) is 0. The second-order valence-corrected chi connectivity index (χ2v) is 3.22. The Morgan fingerprint density at radius 2 is 2.23 bits per heavy atom. The standard InChI is InChI=1S/C11H12N2/c1-9(2)3-4-10-5-11(6-12)8-13-7-10/h3-5,7-9H,1-2H3/b4-3+. The number of allylic oxidation sites excluding steroid dienone is 1. The first-order valence-electron chi connectivity index (χ1n) is 4.25. The monoisotopic (exact) mass is 172 g/mol. The maximum absolute atomic E-state index is 8.63. The molecular weight excluding hydrogens is 160 g/mol. The van der Waals surface area contributed by atoms with Gasteiger partial charge in [-0.25, -0.2) is 0 Å². The van der Waals surface area contributed by atoms with Gasteiger partial charge in [-0.1, -0.05) is 26.0 Å². The van der Waals surface area contributed by atoms with Gasteiger partial charge in [0.2, 0.25) is 0 Å². The van der Waals surface area contributed by atoms with Crippen LogP contribution in [0.3, 0.4) is 0 Å². The third-order valence-corrected chi connectivity index (χ3v) is 1.56. The molecule has 0 spiro atoms. The van der Waals surface area contributed by atoms with Gasteiger partial charge < -0.3 is 0 Å². The first-order valence-corrected chi connectivity index (χ1v) is 4.25. The fourth-order valence-electron chi connectivity index (χ4n) is 0.914. The van der Waals surface area contributed by atoms with Gasteiger partial charge in [0.25, 0.3) is 0 Å². The van der Waals surface area contributed by atoms with Crippen molar-refractivity contribution in [3.8, 4) is 6.07 Å². The van der Waals surface area contributed by atoms with Gasteiger partial charge in [-0.05, 0) is 17.5 Å². The average Bonchev–Trinajstić information content (AvgIpc) is 2.15. The van der Waals surface area contributed by atoms with E-state index in [2.05, 4.69) is 31.0 Å². The molecule has 0 aliphatic carbocycles. The molecule has 66 valence electrons. The molecule has 0 N–H and O–H groups in total. The van der Waals surface area contributed by atoms with Crippen LogP contribution in [0.15, 0.2) is 24.5 Å². The van der Waals surface area contributed by atoms with Crippen molar-refractivity contribution in [2.75, 3.05) is 0 Å². The van der Waals surface area contributed by atoms with Crippen LogP contribution in [0.4, 0.5) is 0 Å².